The number of ether oxygens (including phenoxy) is 2. The minimum absolute atomic E-state index is 0.143. The predicted octanol–water partition coefficient (Wildman–Crippen LogP) is 0.280. The maximum absolute atomic E-state index is 5.99. The Balaban J connectivity index is 1.83. The van der Waals surface area contributed by atoms with E-state index in [-0.39, 0.29) is 12.1 Å². The second kappa shape index (κ2) is 4.09. The number of nitrogens with two attached hydrogens (primary N) is 2. The van der Waals surface area contributed by atoms with Crippen LogP contribution in [0.25, 0.3) is 0 Å². The van der Waals surface area contributed by atoms with Gasteiger partial charge in [-0.15, -0.1) is 0 Å². The Bertz CT molecular complexity index is 414. The maximum Gasteiger partial charge on any atom is 0.231 e. The highest BCUT2D eigenvalue weighted by atomic mass is 16.7. The molecule has 1 fully saturated rings. The molecule has 2 aliphatic heterocycles. The molecule has 1 saturated heterocycles. The van der Waals surface area contributed by atoms with Gasteiger partial charge in [-0.25, -0.2) is 0 Å². The number of anilines is 1. The summed E-state index contributed by atoms with van der Waals surface area (Å²) >= 11 is 0. The van der Waals surface area contributed by atoms with Gasteiger partial charge in [-0.3, -0.25) is 0 Å². The number of fused-ring (bicyclic) bond motifs is 1. The molecule has 0 radical (unpaired) electrons. The van der Waals surface area contributed by atoms with Crippen molar-refractivity contribution >= 4 is 5.69 Å². The second-order valence-corrected chi connectivity index (χ2v) is 4.70. The molecule has 5 nitrogen and oxygen atoms in total. The van der Waals surface area contributed by atoms with Crippen molar-refractivity contribution in [2.45, 2.75) is 18.5 Å². The Morgan fingerprint density at radius 1 is 1.06 bits per heavy atom. The van der Waals surface area contributed by atoms with Gasteiger partial charge < -0.3 is 25.8 Å². The summed E-state index contributed by atoms with van der Waals surface area (Å²) in [5.41, 5.74) is 13.1. The first-order valence-electron chi connectivity index (χ1n) is 5.88. The fourth-order valence-corrected chi connectivity index (χ4v) is 2.47. The van der Waals surface area contributed by atoms with Crippen LogP contribution in [0.15, 0.2) is 18.2 Å². The lowest BCUT2D eigenvalue weighted by atomic mass is 10.0. The number of piperidine rings is 1. The molecule has 1 aromatic rings. The first-order chi connectivity index (χ1) is 8.22. The molecule has 0 saturated carbocycles. The summed E-state index contributed by atoms with van der Waals surface area (Å²) < 4.78 is 10.7. The van der Waals surface area contributed by atoms with E-state index in [1.54, 1.807) is 0 Å². The van der Waals surface area contributed by atoms with Crippen molar-refractivity contribution < 1.29 is 9.47 Å². The Kier molecular flexibility index (Phi) is 2.57. The monoisotopic (exact) mass is 235 g/mol. The van der Waals surface area contributed by atoms with E-state index < -0.39 is 0 Å². The predicted molar refractivity (Wildman–Crippen MR) is 65.3 cm³/mol. The summed E-state index contributed by atoms with van der Waals surface area (Å²) in [6.07, 6.45) is 0.890. The van der Waals surface area contributed by atoms with E-state index in [4.69, 9.17) is 20.9 Å². The van der Waals surface area contributed by atoms with Crippen LogP contribution in [-0.4, -0.2) is 32.0 Å². The van der Waals surface area contributed by atoms with E-state index in [0.717, 1.165) is 36.7 Å². The smallest absolute Gasteiger partial charge is 0.231 e. The fraction of sp³-hybridized carbons (Fsp3) is 0.500. The average Bonchev–Trinajstić information content (AvgIpc) is 2.74. The molecule has 1 aromatic carbocycles. The summed E-state index contributed by atoms with van der Waals surface area (Å²) in [5, 5.41) is 0. The molecule has 2 atom stereocenters. The topological polar surface area (TPSA) is 73.7 Å². The van der Waals surface area contributed by atoms with E-state index in [1.165, 1.54) is 0 Å². The van der Waals surface area contributed by atoms with Crippen LogP contribution in [0.4, 0.5) is 5.69 Å². The molecule has 0 spiro atoms. The van der Waals surface area contributed by atoms with Gasteiger partial charge in [0.25, 0.3) is 0 Å². The molecule has 92 valence electrons. The van der Waals surface area contributed by atoms with E-state index >= 15 is 0 Å². The second-order valence-electron chi connectivity index (χ2n) is 4.70. The van der Waals surface area contributed by atoms with Crippen molar-refractivity contribution in [3.63, 3.8) is 0 Å². The van der Waals surface area contributed by atoms with Gasteiger partial charge in [0.15, 0.2) is 11.5 Å². The SMILES string of the molecule is NC1C[C@@H](N)CN(c2ccc3c(c2)OCO3)C1. The van der Waals surface area contributed by atoms with Gasteiger partial charge in [0, 0.05) is 36.9 Å². The lowest BCUT2D eigenvalue weighted by Crippen LogP contribution is -2.52. The molecule has 0 aromatic heterocycles. The standard InChI is InChI=1S/C12H17N3O2/c13-8-3-9(14)6-15(5-8)10-1-2-11-12(4-10)17-7-16-11/h1-2,4,8-9H,3,5-7,13-14H2/t8-,9?/m1/s1. The van der Waals surface area contributed by atoms with E-state index in [9.17, 15) is 0 Å². The third-order valence-corrected chi connectivity index (χ3v) is 3.24. The zero-order chi connectivity index (χ0) is 11.8. The van der Waals surface area contributed by atoms with Crippen LogP contribution in [0, 0.1) is 0 Å². The van der Waals surface area contributed by atoms with Crippen molar-refractivity contribution in [3.05, 3.63) is 18.2 Å². The van der Waals surface area contributed by atoms with Crippen LogP contribution < -0.4 is 25.8 Å². The Hall–Kier alpha value is -1.46. The lowest BCUT2D eigenvalue weighted by molar-refractivity contribution is 0.174. The highest BCUT2D eigenvalue weighted by Crippen LogP contribution is 2.35. The van der Waals surface area contributed by atoms with Crippen LogP contribution in [0.1, 0.15) is 6.42 Å². The van der Waals surface area contributed by atoms with Crippen LogP contribution in [0.3, 0.4) is 0 Å². The van der Waals surface area contributed by atoms with Gasteiger partial charge >= 0.3 is 0 Å². The van der Waals surface area contributed by atoms with Crippen LogP contribution in [0.2, 0.25) is 0 Å². The average molecular weight is 235 g/mol. The normalized spacial score (nSPS) is 27.3. The first kappa shape index (κ1) is 10.7. The molecule has 0 aliphatic carbocycles. The lowest BCUT2D eigenvalue weighted by Gasteiger charge is -2.36. The molecular weight excluding hydrogens is 218 g/mol. The van der Waals surface area contributed by atoms with Gasteiger partial charge in [-0.2, -0.15) is 0 Å². The van der Waals surface area contributed by atoms with Gasteiger partial charge in [0.1, 0.15) is 0 Å². The van der Waals surface area contributed by atoms with E-state index in [2.05, 4.69) is 4.90 Å². The molecule has 2 heterocycles. The van der Waals surface area contributed by atoms with Crippen LogP contribution in [-0.2, 0) is 0 Å². The molecule has 1 unspecified atom stereocenters. The summed E-state index contributed by atoms with van der Waals surface area (Å²) in [6, 6.07) is 6.24. The number of hydrogen-bond acceptors (Lipinski definition) is 5. The number of benzene rings is 1. The highest BCUT2D eigenvalue weighted by Gasteiger charge is 2.24. The van der Waals surface area contributed by atoms with Gasteiger partial charge in [-0.1, -0.05) is 0 Å². The largest absolute Gasteiger partial charge is 0.454 e. The van der Waals surface area contributed by atoms with Crippen LogP contribution >= 0.6 is 0 Å². The van der Waals surface area contributed by atoms with Crippen molar-refractivity contribution in [3.8, 4) is 11.5 Å². The molecular formula is C12H17N3O2. The Morgan fingerprint density at radius 2 is 1.76 bits per heavy atom. The molecule has 0 amide bonds. The number of hydrogen-bond donors (Lipinski definition) is 2. The van der Waals surface area contributed by atoms with Gasteiger partial charge in [-0.05, 0) is 18.6 Å². The molecule has 2 aliphatic rings. The van der Waals surface area contributed by atoms with Crippen molar-refractivity contribution in [2.24, 2.45) is 11.5 Å². The van der Waals surface area contributed by atoms with E-state index in [0.29, 0.717) is 6.79 Å². The van der Waals surface area contributed by atoms with Crippen LogP contribution in [0.5, 0.6) is 11.5 Å². The minimum Gasteiger partial charge on any atom is -0.454 e. The van der Waals surface area contributed by atoms with Crippen molar-refractivity contribution in [2.75, 3.05) is 24.8 Å². The van der Waals surface area contributed by atoms with Crippen molar-refractivity contribution in [1.29, 1.82) is 0 Å². The van der Waals surface area contributed by atoms with Gasteiger partial charge in [0.05, 0.1) is 0 Å². The zero-order valence-corrected chi connectivity index (χ0v) is 9.63. The maximum atomic E-state index is 5.99. The van der Waals surface area contributed by atoms with Crippen molar-refractivity contribution in [1.82, 2.24) is 0 Å². The number of nitrogens with zero attached hydrogens (tertiary/aromatic N) is 1. The summed E-state index contributed by atoms with van der Waals surface area (Å²) in [7, 11) is 0. The Labute approximate surface area is 100 Å². The minimum atomic E-state index is 0.143. The zero-order valence-electron chi connectivity index (χ0n) is 9.63. The highest BCUT2D eigenvalue weighted by molar-refractivity contribution is 5.57. The molecule has 17 heavy (non-hydrogen) atoms. The molecule has 3 rings (SSSR count). The van der Waals surface area contributed by atoms with Gasteiger partial charge in [0.2, 0.25) is 6.79 Å². The quantitative estimate of drug-likeness (QED) is 0.731. The molecule has 5 heteroatoms. The molecule has 0 bridgehead atoms. The van der Waals surface area contributed by atoms with E-state index in [1.807, 2.05) is 18.2 Å². The number of rotatable bonds is 1. The summed E-state index contributed by atoms with van der Waals surface area (Å²) in [4.78, 5) is 2.21. The third-order valence-electron chi connectivity index (χ3n) is 3.24. The third kappa shape index (κ3) is 2.03. The molecule has 4 N–H and O–H groups in total. The summed E-state index contributed by atoms with van der Waals surface area (Å²) in [6.45, 7) is 1.98. The summed E-state index contributed by atoms with van der Waals surface area (Å²) in [5.74, 6) is 1.61. The first-order valence-corrected chi connectivity index (χ1v) is 5.88. The Morgan fingerprint density at radius 3 is 2.53 bits per heavy atom. The fourth-order valence-electron chi connectivity index (χ4n) is 2.47.